The average molecular weight is 404 g/mol. The Kier molecular flexibility index (Phi) is 5.45. The van der Waals surface area contributed by atoms with Gasteiger partial charge in [-0.3, -0.25) is 9.69 Å². The first-order chi connectivity index (χ1) is 13.9. The van der Waals surface area contributed by atoms with Gasteiger partial charge in [-0.05, 0) is 29.7 Å². The van der Waals surface area contributed by atoms with Crippen LogP contribution in [-0.2, 0) is 23.9 Å². The maximum atomic E-state index is 12.7. The molecule has 0 unspecified atom stereocenters. The summed E-state index contributed by atoms with van der Waals surface area (Å²) in [4.78, 5) is 22.6. The zero-order valence-electron chi connectivity index (χ0n) is 16.0. The summed E-state index contributed by atoms with van der Waals surface area (Å²) >= 11 is 0. The number of carbonyl (C=O) groups excluding carboxylic acids is 1. The first-order valence-electron chi connectivity index (χ1n) is 9.75. The number of rotatable bonds is 3. The highest BCUT2D eigenvalue weighted by Gasteiger charge is 2.31. The maximum absolute atomic E-state index is 12.7. The van der Waals surface area contributed by atoms with Gasteiger partial charge in [0.15, 0.2) is 0 Å². The van der Waals surface area contributed by atoms with E-state index in [1.807, 2.05) is 21.9 Å². The molecule has 1 aromatic heterocycles. The maximum Gasteiger partial charge on any atom is 0.417 e. The number of fused-ring (bicyclic) bond motifs is 1. The molecule has 2 aliphatic heterocycles. The lowest BCUT2D eigenvalue weighted by Crippen LogP contribution is -2.50. The lowest BCUT2D eigenvalue weighted by atomic mass is 10.00. The Bertz CT molecular complexity index is 861. The smallest absolute Gasteiger partial charge is 0.354 e. The number of carbonyl (C=O) groups is 1. The van der Waals surface area contributed by atoms with Crippen molar-refractivity contribution < 1.29 is 18.0 Å². The fourth-order valence-corrected chi connectivity index (χ4v) is 3.88. The molecule has 0 radical (unpaired) electrons. The molecule has 0 aliphatic carbocycles. The molecule has 2 aliphatic rings. The van der Waals surface area contributed by atoms with Gasteiger partial charge in [-0.25, -0.2) is 4.98 Å². The number of pyridine rings is 1. The molecule has 3 heterocycles. The number of nitrogens with zero attached hydrogens (tertiary/aromatic N) is 4. The largest absolute Gasteiger partial charge is 0.417 e. The van der Waals surface area contributed by atoms with Gasteiger partial charge in [0.1, 0.15) is 5.82 Å². The zero-order valence-corrected chi connectivity index (χ0v) is 16.0. The van der Waals surface area contributed by atoms with Crippen LogP contribution in [0.15, 0.2) is 42.6 Å². The molecule has 154 valence electrons. The molecule has 0 bridgehead atoms. The van der Waals surface area contributed by atoms with E-state index < -0.39 is 11.7 Å². The molecule has 29 heavy (non-hydrogen) atoms. The molecule has 0 N–H and O–H groups in total. The van der Waals surface area contributed by atoms with E-state index in [4.69, 9.17) is 0 Å². The Balaban J connectivity index is 1.28. The number of anilines is 1. The number of aromatic nitrogens is 1. The summed E-state index contributed by atoms with van der Waals surface area (Å²) in [7, 11) is 0. The van der Waals surface area contributed by atoms with E-state index in [2.05, 4.69) is 22.0 Å². The fourth-order valence-electron chi connectivity index (χ4n) is 3.88. The Morgan fingerprint density at radius 2 is 1.69 bits per heavy atom. The fraction of sp³-hybridized carbons (Fsp3) is 0.429. The highest BCUT2D eigenvalue weighted by atomic mass is 19.4. The summed E-state index contributed by atoms with van der Waals surface area (Å²) in [5, 5.41) is 0. The van der Waals surface area contributed by atoms with Gasteiger partial charge in [0.25, 0.3) is 0 Å². The van der Waals surface area contributed by atoms with Crippen molar-refractivity contribution in [2.75, 3.05) is 44.2 Å². The molecule has 0 atom stereocenters. The standard InChI is InChI=1S/C21H23F3N4O/c22-21(23,24)18-5-6-19(25-13-18)27-11-9-26(10-12-27)15-20(29)28-8-7-16-3-1-2-4-17(16)14-28/h1-6,13H,7-12,14-15H2. The van der Waals surface area contributed by atoms with E-state index in [1.165, 1.54) is 17.2 Å². The van der Waals surface area contributed by atoms with Crippen LogP contribution in [-0.4, -0.2) is 60.0 Å². The molecule has 1 aromatic carbocycles. The predicted molar refractivity (Wildman–Crippen MR) is 103 cm³/mol. The van der Waals surface area contributed by atoms with Crippen LogP contribution in [0.2, 0.25) is 0 Å². The molecular formula is C21H23F3N4O. The first kappa shape index (κ1) is 19.7. The molecule has 1 saturated heterocycles. The lowest BCUT2D eigenvalue weighted by Gasteiger charge is -2.36. The molecule has 2 aromatic rings. The average Bonchev–Trinajstić information content (AvgIpc) is 2.73. The molecule has 0 saturated carbocycles. The van der Waals surface area contributed by atoms with Crippen molar-refractivity contribution in [3.05, 3.63) is 59.3 Å². The van der Waals surface area contributed by atoms with E-state index >= 15 is 0 Å². The van der Waals surface area contributed by atoms with Crippen LogP contribution in [0, 0.1) is 0 Å². The van der Waals surface area contributed by atoms with Crippen LogP contribution in [0.3, 0.4) is 0 Å². The quantitative estimate of drug-likeness (QED) is 0.789. The molecule has 8 heteroatoms. The SMILES string of the molecule is O=C(CN1CCN(c2ccc(C(F)(F)F)cn2)CC1)N1CCc2ccccc2C1. The molecular weight excluding hydrogens is 381 g/mol. The van der Waals surface area contributed by atoms with Crippen molar-refractivity contribution >= 4 is 11.7 Å². The van der Waals surface area contributed by atoms with E-state index in [0.29, 0.717) is 45.1 Å². The molecule has 1 fully saturated rings. The Hall–Kier alpha value is -2.61. The van der Waals surface area contributed by atoms with E-state index in [9.17, 15) is 18.0 Å². The summed E-state index contributed by atoms with van der Waals surface area (Å²) in [5.74, 6) is 0.664. The minimum atomic E-state index is -4.38. The summed E-state index contributed by atoms with van der Waals surface area (Å²) in [6.45, 7) is 4.40. The van der Waals surface area contributed by atoms with Gasteiger partial charge in [0.2, 0.25) is 5.91 Å². The van der Waals surface area contributed by atoms with Crippen LogP contribution in [0.1, 0.15) is 16.7 Å². The van der Waals surface area contributed by atoms with E-state index in [-0.39, 0.29) is 5.91 Å². The van der Waals surface area contributed by atoms with Crippen molar-refractivity contribution in [3.63, 3.8) is 0 Å². The van der Waals surface area contributed by atoms with Crippen molar-refractivity contribution in [2.45, 2.75) is 19.1 Å². The van der Waals surface area contributed by atoms with E-state index in [1.54, 1.807) is 0 Å². The van der Waals surface area contributed by atoms with Gasteiger partial charge in [0, 0.05) is 45.5 Å². The number of piperazine rings is 1. The van der Waals surface area contributed by atoms with Gasteiger partial charge in [-0.15, -0.1) is 0 Å². The zero-order chi connectivity index (χ0) is 20.4. The Morgan fingerprint density at radius 1 is 0.966 bits per heavy atom. The normalized spacial score (nSPS) is 17.9. The summed E-state index contributed by atoms with van der Waals surface area (Å²) in [6, 6.07) is 10.7. The van der Waals surface area contributed by atoms with Crippen molar-refractivity contribution in [1.29, 1.82) is 0 Å². The number of hydrogen-bond donors (Lipinski definition) is 0. The molecule has 5 nitrogen and oxygen atoms in total. The Labute approximate surface area is 167 Å². The minimum absolute atomic E-state index is 0.126. The van der Waals surface area contributed by atoms with Crippen LogP contribution in [0.25, 0.3) is 0 Å². The number of halogens is 3. The first-order valence-corrected chi connectivity index (χ1v) is 9.75. The summed E-state index contributed by atoms with van der Waals surface area (Å²) in [5.41, 5.74) is 1.79. The van der Waals surface area contributed by atoms with E-state index in [0.717, 1.165) is 25.2 Å². The van der Waals surface area contributed by atoms with Crippen LogP contribution < -0.4 is 4.90 Å². The third kappa shape index (κ3) is 4.53. The van der Waals surface area contributed by atoms with Crippen LogP contribution >= 0.6 is 0 Å². The van der Waals surface area contributed by atoms with Gasteiger partial charge >= 0.3 is 6.18 Å². The van der Waals surface area contributed by atoms with Crippen LogP contribution in [0.5, 0.6) is 0 Å². The van der Waals surface area contributed by atoms with Crippen molar-refractivity contribution in [3.8, 4) is 0 Å². The second-order valence-corrected chi connectivity index (χ2v) is 7.50. The van der Waals surface area contributed by atoms with Gasteiger partial charge < -0.3 is 9.80 Å². The van der Waals surface area contributed by atoms with Gasteiger partial charge in [0.05, 0.1) is 12.1 Å². The number of alkyl halides is 3. The van der Waals surface area contributed by atoms with Crippen molar-refractivity contribution in [2.24, 2.45) is 0 Å². The van der Waals surface area contributed by atoms with Gasteiger partial charge in [-0.1, -0.05) is 24.3 Å². The molecule has 0 spiro atoms. The highest BCUT2D eigenvalue weighted by Crippen LogP contribution is 2.29. The Morgan fingerprint density at radius 3 is 2.34 bits per heavy atom. The lowest BCUT2D eigenvalue weighted by molar-refractivity contribution is -0.137. The second kappa shape index (κ2) is 8.02. The van der Waals surface area contributed by atoms with Gasteiger partial charge in [-0.2, -0.15) is 13.2 Å². The summed E-state index contributed by atoms with van der Waals surface area (Å²) in [6.07, 6.45) is -2.62. The van der Waals surface area contributed by atoms with Crippen LogP contribution in [0.4, 0.5) is 19.0 Å². The number of benzene rings is 1. The number of amides is 1. The highest BCUT2D eigenvalue weighted by molar-refractivity contribution is 5.78. The predicted octanol–water partition coefficient (Wildman–Crippen LogP) is 2.81. The molecule has 1 amide bonds. The topological polar surface area (TPSA) is 39.7 Å². The third-order valence-electron chi connectivity index (χ3n) is 5.61. The van der Waals surface area contributed by atoms with Crippen molar-refractivity contribution in [1.82, 2.24) is 14.8 Å². The third-order valence-corrected chi connectivity index (χ3v) is 5.61. The monoisotopic (exact) mass is 404 g/mol. The summed E-state index contributed by atoms with van der Waals surface area (Å²) < 4.78 is 38.0. The minimum Gasteiger partial charge on any atom is -0.354 e. The second-order valence-electron chi connectivity index (χ2n) is 7.50. The molecule has 4 rings (SSSR count). The number of hydrogen-bond acceptors (Lipinski definition) is 4.